The van der Waals surface area contributed by atoms with Crippen LogP contribution >= 0.6 is 0 Å². The van der Waals surface area contributed by atoms with Gasteiger partial charge in [-0.1, -0.05) is 31.2 Å². The van der Waals surface area contributed by atoms with Crippen LogP contribution in [0.4, 0.5) is 5.69 Å². The average molecular weight is 418 g/mol. The molecule has 0 bridgehead atoms. The van der Waals surface area contributed by atoms with Gasteiger partial charge in [0.2, 0.25) is 21.8 Å². The molecule has 0 aliphatic heterocycles. The fourth-order valence-electron chi connectivity index (χ4n) is 2.74. The molecule has 29 heavy (non-hydrogen) atoms. The van der Waals surface area contributed by atoms with Crippen molar-refractivity contribution in [2.45, 2.75) is 44.6 Å². The molecule has 2 rings (SSSR count). The lowest BCUT2D eigenvalue weighted by Gasteiger charge is -2.15. The van der Waals surface area contributed by atoms with Crippen molar-refractivity contribution in [2.24, 2.45) is 0 Å². The van der Waals surface area contributed by atoms with E-state index in [0.29, 0.717) is 5.69 Å². The van der Waals surface area contributed by atoms with Crippen LogP contribution in [0.2, 0.25) is 0 Å². The number of hydrogen-bond donors (Lipinski definition) is 3. The van der Waals surface area contributed by atoms with Crippen LogP contribution in [-0.4, -0.2) is 26.8 Å². The van der Waals surface area contributed by atoms with Gasteiger partial charge in [-0.3, -0.25) is 9.59 Å². The molecular weight excluding hydrogens is 390 g/mol. The maximum atomic E-state index is 12.3. The second kappa shape index (κ2) is 10.2. The first-order chi connectivity index (χ1) is 13.7. The minimum Gasteiger partial charge on any atom is -0.350 e. The molecule has 7 nitrogen and oxygen atoms in total. The maximum Gasteiger partial charge on any atom is 0.240 e. The number of rotatable bonds is 9. The van der Waals surface area contributed by atoms with Crippen molar-refractivity contribution >= 4 is 27.5 Å². The molecule has 0 spiro atoms. The van der Waals surface area contributed by atoms with Gasteiger partial charge in [-0.05, 0) is 48.7 Å². The zero-order valence-corrected chi connectivity index (χ0v) is 17.7. The highest BCUT2D eigenvalue weighted by Crippen LogP contribution is 2.15. The molecule has 1 atom stereocenters. The molecule has 8 heteroatoms. The van der Waals surface area contributed by atoms with E-state index in [-0.39, 0.29) is 35.7 Å². The summed E-state index contributed by atoms with van der Waals surface area (Å²) in [5.41, 5.74) is 2.74. The predicted octanol–water partition coefficient (Wildman–Crippen LogP) is 2.75. The standard InChI is InChI=1S/C21H27N3O4S/c1-4-17-5-7-18(8-6-17)15(2)23-21(26)13-14-22-29(27,28)20-11-9-19(10-12-20)24-16(3)25/h5-12,15,22H,4,13-14H2,1-3H3,(H,23,26)(H,24,25)/t15-/m1/s1. The van der Waals surface area contributed by atoms with Gasteiger partial charge in [0.15, 0.2) is 0 Å². The van der Waals surface area contributed by atoms with Crippen LogP contribution in [0.1, 0.15) is 44.4 Å². The number of nitrogens with one attached hydrogen (secondary N) is 3. The predicted molar refractivity (Wildman–Crippen MR) is 113 cm³/mol. The van der Waals surface area contributed by atoms with Gasteiger partial charge in [-0.15, -0.1) is 0 Å². The molecule has 156 valence electrons. The lowest BCUT2D eigenvalue weighted by atomic mass is 10.0. The monoisotopic (exact) mass is 417 g/mol. The molecule has 0 aliphatic rings. The van der Waals surface area contributed by atoms with Crippen LogP contribution in [0.5, 0.6) is 0 Å². The summed E-state index contributed by atoms with van der Waals surface area (Å²) in [6.45, 7) is 5.33. The number of sulfonamides is 1. The van der Waals surface area contributed by atoms with Gasteiger partial charge in [0, 0.05) is 25.6 Å². The topological polar surface area (TPSA) is 104 Å². The fourth-order valence-corrected chi connectivity index (χ4v) is 3.77. The van der Waals surface area contributed by atoms with E-state index in [9.17, 15) is 18.0 Å². The minimum atomic E-state index is -3.73. The molecule has 2 aromatic rings. The lowest BCUT2D eigenvalue weighted by molar-refractivity contribution is -0.121. The first kappa shape index (κ1) is 22.6. The maximum absolute atomic E-state index is 12.3. The Kier molecular flexibility index (Phi) is 7.92. The Balaban J connectivity index is 1.84. The van der Waals surface area contributed by atoms with Gasteiger partial charge in [0.25, 0.3) is 0 Å². The van der Waals surface area contributed by atoms with Crippen LogP contribution in [0.25, 0.3) is 0 Å². The van der Waals surface area contributed by atoms with Crippen molar-refractivity contribution in [3.63, 3.8) is 0 Å². The Morgan fingerprint density at radius 1 is 1.00 bits per heavy atom. The number of anilines is 1. The average Bonchev–Trinajstić information content (AvgIpc) is 2.67. The summed E-state index contributed by atoms with van der Waals surface area (Å²) < 4.78 is 27.1. The van der Waals surface area contributed by atoms with Gasteiger partial charge in [0.05, 0.1) is 10.9 Å². The third-order valence-corrected chi connectivity index (χ3v) is 5.87. The number of hydrogen-bond acceptors (Lipinski definition) is 4. The van der Waals surface area contributed by atoms with Crippen molar-refractivity contribution in [1.82, 2.24) is 10.0 Å². The van der Waals surface area contributed by atoms with Gasteiger partial charge >= 0.3 is 0 Å². The number of carbonyl (C=O) groups excluding carboxylic acids is 2. The quantitative estimate of drug-likeness (QED) is 0.583. The first-order valence-corrected chi connectivity index (χ1v) is 10.9. The van der Waals surface area contributed by atoms with Crippen LogP contribution < -0.4 is 15.4 Å². The van der Waals surface area contributed by atoms with Crippen LogP contribution in [0.15, 0.2) is 53.4 Å². The van der Waals surface area contributed by atoms with E-state index < -0.39 is 10.0 Å². The Morgan fingerprint density at radius 2 is 1.62 bits per heavy atom. The molecule has 0 heterocycles. The van der Waals surface area contributed by atoms with Gasteiger partial charge in [-0.2, -0.15) is 0 Å². The van der Waals surface area contributed by atoms with Crippen LogP contribution in [0.3, 0.4) is 0 Å². The third kappa shape index (κ3) is 6.99. The van der Waals surface area contributed by atoms with Crippen molar-refractivity contribution in [2.75, 3.05) is 11.9 Å². The normalized spacial score (nSPS) is 12.2. The van der Waals surface area contributed by atoms with E-state index in [2.05, 4.69) is 22.3 Å². The largest absolute Gasteiger partial charge is 0.350 e. The Labute approximate surface area is 172 Å². The van der Waals surface area contributed by atoms with Crippen LogP contribution in [0, 0.1) is 0 Å². The van der Waals surface area contributed by atoms with E-state index in [1.54, 1.807) is 0 Å². The third-order valence-electron chi connectivity index (χ3n) is 4.39. The van der Waals surface area contributed by atoms with E-state index in [0.717, 1.165) is 12.0 Å². The number of benzene rings is 2. The highest BCUT2D eigenvalue weighted by Gasteiger charge is 2.15. The highest BCUT2D eigenvalue weighted by atomic mass is 32.2. The second-order valence-corrected chi connectivity index (χ2v) is 8.50. The Bertz CT molecular complexity index is 939. The summed E-state index contributed by atoms with van der Waals surface area (Å²) in [5, 5.41) is 5.44. The lowest BCUT2D eigenvalue weighted by Crippen LogP contribution is -2.32. The molecule has 3 N–H and O–H groups in total. The van der Waals surface area contributed by atoms with E-state index >= 15 is 0 Å². The highest BCUT2D eigenvalue weighted by molar-refractivity contribution is 7.89. The van der Waals surface area contributed by atoms with E-state index in [4.69, 9.17) is 0 Å². The Morgan fingerprint density at radius 3 is 2.17 bits per heavy atom. The smallest absolute Gasteiger partial charge is 0.240 e. The molecule has 0 unspecified atom stereocenters. The minimum absolute atomic E-state index is 0.0108. The van der Waals surface area contributed by atoms with Crippen molar-refractivity contribution < 1.29 is 18.0 Å². The van der Waals surface area contributed by atoms with E-state index in [1.165, 1.54) is 36.8 Å². The second-order valence-electron chi connectivity index (χ2n) is 6.74. The van der Waals surface area contributed by atoms with Crippen molar-refractivity contribution in [1.29, 1.82) is 0 Å². The summed E-state index contributed by atoms with van der Waals surface area (Å²) in [6.07, 6.45) is 0.984. The zero-order chi connectivity index (χ0) is 21.4. The number of carbonyl (C=O) groups is 2. The van der Waals surface area contributed by atoms with Crippen molar-refractivity contribution in [3.05, 3.63) is 59.7 Å². The molecule has 0 radical (unpaired) electrons. The van der Waals surface area contributed by atoms with Crippen molar-refractivity contribution in [3.8, 4) is 0 Å². The SMILES string of the molecule is CCc1ccc([C@@H](C)NC(=O)CCNS(=O)(=O)c2ccc(NC(C)=O)cc2)cc1. The molecule has 2 amide bonds. The molecule has 0 fully saturated rings. The molecule has 2 aromatic carbocycles. The fraction of sp³-hybridized carbons (Fsp3) is 0.333. The van der Waals surface area contributed by atoms with Crippen LogP contribution in [-0.2, 0) is 26.0 Å². The summed E-state index contributed by atoms with van der Waals surface area (Å²) in [4.78, 5) is 23.2. The first-order valence-electron chi connectivity index (χ1n) is 9.47. The zero-order valence-electron chi connectivity index (χ0n) is 16.9. The Hall–Kier alpha value is -2.71. The number of aryl methyl sites for hydroxylation is 1. The van der Waals surface area contributed by atoms with Gasteiger partial charge in [-0.25, -0.2) is 13.1 Å². The molecular formula is C21H27N3O4S. The molecule has 0 saturated carbocycles. The molecule has 0 aliphatic carbocycles. The van der Waals surface area contributed by atoms with Gasteiger partial charge < -0.3 is 10.6 Å². The molecule has 0 aromatic heterocycles. The summed E-state index contributed by atoms with van der Waals surface area (Å²) in [5.74, 6) is -0.471. The molecule has 0 saturated heterocycles. The van der Waals surface area contributed by atoms with E-state index in [1.807, 2.05) is 31.2 Å². The number of amides is 2. The van der Waals surface area contributed by atoms with Gasteiger partial charge in [0.1, 0.15) is 0 Å². The summed E-state index contributed by atoms with van der Waals surface area (Å²) in [6, 6.07) is 13.7. The summed E-state index contributed by atoms with van der Waals surface area (Å²) >= 11 is 0. The summed E-state index contributed by atoms with van der Waals surface area (Å²) in [7, 11) is -3.73.